The summed E-state index contributed by atoms with van der Waals surface area (Å²) < 4.78 is 9.77. The van der Waals surface area contributed by atoms with Gasteiger partial charge in [-0.25, -0.2) is 0 Å². The fourth-order valence-corrected chi connectivity index (χ4v) is 2.30. The molecule has 0 aliphatic carbocycles. The van der Waals surface area contributed by atoms with E-state index < -0.39 is 0 Å². The number of carbonyl (C=O) groups excluding carboxylic acids is 2. The number of hydrogen-bond acceptors (Lipinski definition) is 5. The fraction of sp³-hybridized carbons (Fsp3) is 0.556. The number of benzene rings is 1. The van der Waals surface area contributed by atoms with Crippen LogP contribution in [0.4, 0.5) is 0 Å². The molecule has 0 aromatic heterocycles. The summed E-state index contributed by atoms with van der Waals surface area (Å²) in [5.74, 6) is 1.06. The Bertz CT molecular complexity index is 502. The topological polar surface area (TPSA) is 64.6 Å². The van der Waals surface area contributed by atoms with E-state index in [0.717, 1.165) is 31.5 Å². The molecule has 5 nitrogen and oxygen atoms in total. The first-order valence-electron chi connectivity index (χ1n) is 7.88. The molecule has 0 bridgehead atoms. The molecule has 1 aliphatic rings. The molecule has 1 aliphatic heterocycles. The molecule has 1 aromatic carbocycles. The van der Waals surface area contributed by atoms with E-state index in [0.29, 0.717) is 12.2 Å². The molecular weight excluding hydrogens is 294 g/mol. The smallest absolute Gasteiger partial charge is 0.293 e. The van der Waals surface area contributed by atoms with Gasteiger partial charge in [-0.05, 0) is 58.8 Å². The van der Waals surface area contributed by atoms with Crippen molar-refractivity contribution in [2.45, 2.75) is 39.2 Å². The molecule has 23 heavy (non-hydrogen) atoms. The van der Waals surface area contributed by atoms with Crippen LogP contribution in [-0.2, 0) is 9.53 Å². The SMILES string of the molecule is CC(C)(C)OC=O.COc1ccccc1C(=O)C1CCNCC1. The van der Waals surface area contributed by atoms with Crippen LogP contribution in [0.1, 0.15) is 44.0 Å². The second-order valence-corrected chi connectivity index (χ2v) is 6.42. The first-order valence-corrected chi connectivity index (χ1v) is 7.88. The highest BCUT2D eigenvalue weighted by atomic mass is 16.5. The van der Waals surface area contributed by atoms with Gasteiger partial charge < -0.3 is 14.8 Å². The molecule has 0 amide bonds. The minimum atomic E-state index is -0.318. The number of methoxy groups -OCH3 is 1. The molecule has 128 valence electrons. The Hall–Kier alpha value is -1.88. The normalized spacial score (nSPS) is 15.1. The van der Waals surface area contributed by atoms with Crippen molar-refractivity contribution in [2.24, 2.45) is 5.92 Å². The first kappa shape index (κ1) is 19.2. The standard InChI is InChI=1S/C13H17NO2.C5H10O2/c1-16-12-5-3-2-4-11(12)13(15)10-6-8-14-9-7-10;1-5(2,3)7-4-6/h2-5,10,14H,6-9H2,1H3;4H,1-3H3. The van der Waals surface area contributed by atoms with Gasteiger partial charge in [0.2, 0.25) is 0 Å². The number of para-hydroxylation sites is 1. The summed E-state index contributed by atoms with van der Waals surface area (Å²) in [6.45, 7) is 7.79. The van der Waals surface area contributed by atoms with Crippen molar-refractivity contribution in [3.8, 4) is 5.75 Å². The lowest BCUT2D eigenvalue weighted by Crippen LogP contribution is -2.32. The molecule has 0 saturated carbocycles. The third-order valence-corrected chi connectivity index (χ3v) is 3.48. The van der Waals surface area contributed by atoms with E-state index in [1.807, 2.05) is 45.0 Å². The maximum Gasteiger partial charge on any atom is 0.293 e. The van der Waals surface area contributed by atoms with E-state index in [2.05, 4.69) is 10.1 Å². The summed E-state index contributed by atoms with van der Waals surface area (Å²) in [6.07, 6.45) is 1.85. The minimum Gasteiger partial charge on any atom is -0.496 e. The highest BCUT2D eigenvalue weighted by Gasteiger charge is 2.24. The molecule has 0 atom stereocenters. The Labute approximate surface area is 138 Å². The number of ether oxygens (including phenoxy) is 2. The van der Waals surface area contributed by atoms with Crippen molar-refractivity contribution in [1.29, 1.82) is 0 Å². The molecule has 1 aromatic rings. The largest absolute Gasteiger partial charge is 0.496 e. The Kier molecular flexibility index (Phi) is 7.75. The monoisotopic (exact) mass is 321 g/mol. The zero-order chi connectivity index (χ0) is 17.3. The van der Waals surface area contributed by atoms with Gasteiger partial charge in [-0.15, -0.1) is 0 Å². The highest BCUT2D eigenvalue weighted by molar-refractivity contribution is 6.00. The average Bonchev–Trinajstić information content (AvgIpc) is 2.54. The van der Waals surface area contributed by atoms with Gasteiger partial charge in [0.15, 0.2) is 5.78 Å². The van der Waals surface area contributed by atoms with Gasteiger partial charge in [-0.1, -0.05) is 12.1 Å². The lowest BCUT2D eigenvalue weighted by molar-refractivity contribution is -0.138. The van der Waals surface area contributed by atoms with E-state index in [1.54, 1.807) is 7.11 Å². The van der Waals surface area contributed by atoms with E-state index in [4.69, 9.17) is 4.74 Å². The predicted molar refractivity (Wildman–Crippen MR) is 89.8 cm³/mol. The van der Waals surface area contributed by atoms with E-state index in [9.17, 15) is 9.59 Å². The Morgan fingerprint density at radius 2 is 1.83 bits per heavy atom. The molecular formula is C18H27NO4. The molecule has 0 radical (unpaired) electrons. The third-order valence-electron chi connectivity index (χ3n) is 3.48. The van der Waals surface area contributed by atoms with Crippen molar-refractivity contribution in [2.75, 3.05) is 20.2 Å². The van der Waals surface area contributed by atoms with Crippen LogP contribution in [0.15, 0.2) is 24.3 Å². The van der Waals surface area contributed by atoms with Gasteiger partial charge >= 0.3 is 0 Å². The van der Waals surface area contributed by atoms with Gasteiger partial charge in [0, 0.05) is 5.92 Å². The summed E-state index contributed by atoms with van der Waals surface area (Å²) in [5, 5.41) is 3.27. The van der Waals surface area contributed by atoms with Crippen LogP contribution in [0.25, 0.3) is 0 Å². The molecule has 1 heterocycles. The van der Waals surface area contributed by atoms with Crippen molar-refractivity contribution < 1.29 is 19.1 Å². The Morgan fingerprint density at radius 3 is 2.30 bits per heavy atom. The summed E-state index contributed by atoms with van der Waals surface area (Å²) >= 11 is 0. The number of rotatable bonds is 4. The van der Waals surface area contributed by atoms with E-state index >= 15 is 0 Å². The van der Waals surface area contributed by atoms with Crippen LogP contribution in [0.3, 0.4) is 0 Å². The molecule has 1 fully saturated rings. The van der Waals surface area contributed by atoms with Crippen LogP contribution in [0.5, 0.6) is 5.75 Å². The third kappa shape index (κ3) is 6.82. The molecule has 2 rings (SSSR count). The number of ketones is 1. The van der Waals surface area contributed by atoms with Gasteiger partial charge in [-0.2, -0.15) is 0 Å². The van der Waals surface area contributed by atoms with E-state index in [1.165, 1.54) is 0 Å². The van der Waals surface area contributed by atoms with Crippen LogP contribution in [0, 0.1) is 5.92 Å². The highest BCUT2D eigenvalue weighted by Crippen LogP contribution is 2.24. The van der Waals surface area contributed by atoms with Gasteiger partial charge in [-0.3, -0.25) is 9.59 Å². The van der Waals surface area contributed by atoms with Crippen LogP contribution in [0.2, 0.25) is 0 Å². The number of hydrogen-bond donors (Lipinski definition) is 1. The van der Waals surface area contributed by atoms with Gasteiger partial charge in [0.05, 0.1) is 12.7 Å². The van der Waals surface area contributed by atoms with Crippen LogP contribution >= 0.6 is 0 Å². The molecule has 0 unspecified atom stereocenters. The number of carbonyl (C=O) groups is 2. The number of nitrogens with one attached hydrogen (secondary N) is 1. The Balaban J connectivity index is 0.000000322. The summed E-state index contributed by atoms with van der Waals surface area (Å²) in [4.78, 5) is 21.9. The van der Waals surface area contributed by atoms with Crippen molar-refractivity contribution in [1.82, 2.24) is 5.32 Å². The zero-order valence-electron chi connectivity index (χ0n) is 14.4. The second kappa shape index (κ2) is 9.30. The second-order valence-electron chi connectivity index (χ2n) is 6.42. The van der Waals surface area contributed by atoms with Crippen molar-refractivity contribution in [3.05, 3.63) is 29.8 Å². The van der Waals surface area contributed by atoms with Crippen molar-refractivity contribution in [3.63, 3.8) is 0 Å². The van der Waals surface area contributed by atoms with Crippen molar-refractivity contribution >= 4 is 12.3 Å². The zero-order valence-corrected chi connectivity index (χ0v) is 14.4. The Morgan fingerprint density at radius 1 is 1.22 bits per heavy atom. The summed E-state index contributed by atoms with van der Waals surface area (Å²) in [6, 6.07) is 7.46. The lowest BCUT2D eigenvalue weighted by atomic mass is 9.89. The fourth-order valence-electron chi connectivity index (χ4n) is 2.30. The molecule has 1 saturated heterocycles. The lowest BCUT2D eigenvalue weighted by Gasteiger charge is -2.22. The molecule has 1 N–H and O–H groups in total. The summed E-state index contributed by atoms with van der Waals surface area (Å²) in [5.41, 5.74) is 0.402. The summed E-state index contributed by atoms with van der Waals surface area (Å²) in [7, 11) is 1.61. The van der Waals surface area contributed by atoms with Crippen LogP contribution in [-0.4, -0.2) is 38.1 Å². The maximum absolute atomic E-state index is 12.3. The molecule has 0 spiro atoms. The minimum absolute atomic E-state index is 0.151. The molecule has 5 heteroatoms. The van der Waals surface area contributed by atoms with Gasteiger partial charge in [0.1, 0.15) is 11.4 Å². The first-order chi connectivity index (χ1) is 10.9. The van der Waals surface area contributed by atoms with E-state index in [-0.39, 0.29) is 17.3 Å². The average molecular weight is 321 g/mol. The number of piperidine rings is 1. The predicted octanol–water partition coefficient (Wildman–Crippen LogP) is 2.84. The van der Waals surface area contributed by atoms with Crippen LogP contribution < -0.4 is 10.1 Å². The number of Topliss-reactive ketones (excluding diaryl/α,β-unsaturated/α-hetero) is 1. The quantitative estimate of drug-likeness (QED) is 0.682. The van der Waals surface area contributed by atoms with Gasteiger partial charge in [0.25, 0.3) is 6.47 Å². The maximum atomic E-state index is 12.3.